The molecular formula is C15H20O2Si. The first kappa shape index (κ1) is 13.4. The van der Waals surface area contributed by atoms with E-state index in [9.17, 15) is 0 Å². The summed E-state index contributed by atoms with van der Waals surface area (Å²) in [5.74, 6) is 3.25. The van der Waals surface area contributed by atoms with Crippen LogP contribution in [0.15, 0.2) is 24.3 Å². The lowest BCUT2D eigenvalue weighted by Gasteiger charge is -2.25. The van der Waals surface area contributed by atoms with Crippen LogP contribution in [-0.2, 0) is 16.1 Å². The van der Waals surface area contributed by atoms with Crippen molar-refractivity contribution >= 4 is 8.07 Å². The third kappa shape index (κ3) is 4.30. The third-order valence-corrected chi connectivity index (χ3v) is 3.50. The molecule has 0 aromatic heterocycles. The van der Waals surface area contributed by atoms with Crippen molar-refractivity contribution in [1.82, 2.24) is 0 Å². The van der Waals surface area contributed by atoms with Gasteiger partial charge in [-0.3, -0.25) is 0 Å². The first-order chi connectivity index (χ1) is 8.53. The van der Waals surface area contributed by atoms with Gasteiger partial charge in [-0.05, 0) is 17.7 Å². The molecule has 18 heavy (non-hydrogen) atoms. The summed E-state index contributed by atoms with van der Waals surface area (Å²) >= 11 is 0. The molecule has 1 saturated heterocycles. The van der Waals surface area contributed by atoms with Gasteiger partial charge < -0.3 is 9.47 Å². The summed E-state index contributed by atoms with van der Waals surface area (Å²) in [7, 11) is -1.28. The van der Waals surface area contributed by atoms with Crippen molar-refractivity contribution in [2.75, 3.05) is 13.2 Å². The zero-order valence-electron chi connectivity index (χ0n) is 11.3. The Morgan fingerprint density at radius 2 is 1.89 bits per heavy atom. The maximum Gasteiger partial charge on any atom is 0.129 e. The Hall–Kier alpha value is -1.08. The van der Waals surface area contributed by atoms with Crippen LogP contribution in [0.5, 0.6) is 0 Å². The Kier molecular flexibility index (Phi) is 4.23. The van der Waals surface area contributed by atoms with E-state index in [-0.39, 0.29) is 6.10 Å². The van der Waals surface area contributed by atoms with E-state index in [0.717, 1.165) is 18.8 Å². The summed E-state index contributed by atoms with van der Waals surface area (Å²) in [6.45, 7) is 8.89. The molecule has 1 aromatic carbocycles. The minimum Gasteiger partial charge on any atom is -0.376 e. The molecule has 1 aliphatic heterocycles. The highest BCUT2D eigenvalue weighted by Gasteiger charge is 2.18. The van der Waals surface area contributed by atoms with Gasteiger partial charge in [0.2, 0.25) is 0 Å². The quantitative estimate of drug-likeness (QED) is 0.614. The smallest absolute Gasteiger partial charge is 0.129 e. The molecule has 0 atom stereocenters. The fraction of sp³-hybridized carbons (Fsp3) is 0.467. The molecule has 0 N–H and O–H groups in total. The number of hydrogen-bond donors (Lipinski definition) is 0. The van der Waals surface area contributed by atoms with Crippen LogP contribution in [0.1, 0.15) is 11.1 Å². The predicted molar refractivity (Wildman–Crippen MR) is 76.1 cm³/mol. The highest BCUT2D eigenvalue weighted by atomic mass is 28.3. The minimum absolute atomic E-state index is 0.288. The van der Waals surface area contributed by atoms with Gasteiger partial charge in [0.1, 0.15) is 14.2 Å². The van der Waals surface area contributed by atoms with Crippen molar-refractivity contribution in [1.29, 1.82) is 0 Å². The number of benzene rings is 1. The zero-order chi connectivity index (χ0) is 13.0. The average molecular weight is 260 g/mol. The van der Waals surface area contributed by atoms with Crippen LogP contribution in [0.4, 0.5) is 0 Å². The molecule has 1 heterocycles. The normalized spacial score (nSPS) is 15.7. The number of hydrogen-bond acceptors (Lipinski definition) is 2. The van der Waals surface area contributed by atoms with E-state index >= 15 is 0 Å². The van der Waals surface area contributed by atoms with Gasteiger partial charge in [-0.1, -0.05) is 37.7 Å². The van der Waals surface area contributed by atoms with Crippen LogP contribution in [0, 0.1) is 11.5 Å². The number of rotatable bonds is 3. The van der Waals surface area contributed by atoms with Gasteiger partial charge in [-0.2, -0.15) is 0 Å². The largest absolute Gasteiger partial charge is 0.376 e. The maximum absolute atomic E-state index is 5.66. The van der Waals surface area contributed by atoms with Crippen molar-refractivity contribution in [2.24, 2.45) is 0 Å². The zero-order valence-corrected chi connectivity index (χ0v) is 12.3. The van der Waals surface area contributed by atoms with Gasteiger partial charge in [-0.15, -0.1) is 5.54 Å². The lowest BCUT2D eigenvalue weighted by molar-refractivity contribution is -0.135. The fourth-order valence-electron chi connectivity index (χ4n) is 1.47. The molecule has 96 valence electrons. The van der Waals surface area contributed by atoms with Crippen LogP contribution in [0.2, 0.25) is 19.6 Å². The first-order valence-electron chi connectivity index (χ1n) is 6.34. The van der Waals surface area contributed by atoms with Gasteiger partial charge in [0.05, 0.1) is 19.8 Å². The second-order valence-corrected chi connectivity index (χ2v) is 10.4. The van der Waals surface area contributed by atoms with Crippen LogP contribution in [0.3, 0.4) is 0 Å². The van der Waals surface area contributed by atoms with Gasteiger partial charge in [-0.25, -0.2) is 0 Å². The van der Waals surface area contributed by atoms with Crippen LogP contribution < -0.4 is 0 Å². The molecule has 0 spiro atoms. The second-order valence-electron chi connectivity index (χ2n) is 5.67. The summed E-state index contributed by atoms with van der Waals surface area (Å²) in [6, 6.07) is 8.33. The van der Waals surface area contributed by atoms with E-state index in [1.807, 2.05) is 0 Å². The molecule has 0 aliphatic carbocycles. The summed E-state index contributed by atoms with van der Waals surface area (Å²) in [4.78, 5) is 0. The Bertz CT molecular complexity index is 444. The maximum atomic E-state index is 5.66. The van der Waals surface area contributed by atoms with Crippen molar-refractivity contribution < 1.29 is 9.47 Å². The average Bonchev–Trinajstić information content (AvgIpc) is 2.25. The van der Waals surface area contributed by atoms with Crippen molar-refractivity contribution in [3.63, 3.8) is 0 Å². The Morgan fingerprint density at radius 3 is 2.39 bits per heavy atom. The van der Waals surface area contributed by atoms with E-state index in [4.69, 9.17) is 9.47 Å². The third-order valence-electron chi connectivity index (χ3n) is 2.63. The Labute approximate surface area is 110 Å². The number of ether oxygens (including phenoxy) is 2. The highest BCUT2D eigenvalue weighted by molar-refractivity contribution is 6.83. The molecule has 3 heteroatoms. The molecule has 2 nitrogen and oxygen atoms in total. The monoisotopic (exact) mass is 260 g/mol. The van der Waals surface area contributed by atoms with Crippen molar-refractivity contribution in [3.8, 4) is 11.5 Å². The molecule has 1 aliphatic rings. The van der Waals surface area contributed by atoms with Crippen LogP contribution in [0.25, 0.3) is 0 Å². The first-order valence-corrected chi connectivity index (χ1v) is 9.84. The SMILES string of the molecule is C[Si](C)(C)C#Cc1ccc(COC2COC2)cc1. The van der Waals surface area contributed by atoms with E-state index in [1.54, 1.807) is 0 Å². The molecule has 1 fully saturated rings. The van der Waals surface area contributed by atoms with Crippen molar-refractivity contribution in [3.05, 3.63) is 35.4 Å². The molecule has 0 amide bonds. The lowest BCUT2D eigenvalue weighted by Crippen LogP contribution is -2.35. The second kappa shape index (κ2) is 5.70. The van der Waals surface area contributed by atoms with Crippen LogP contribution in [-0.4, -0.2) is 27.4 Å². The summed E-state index contributed by atoms with van der Waals surface area (Å²) in [5, 5.41) is 0. The van der Waals surface area contributed by atoms with Crippen molar-refractivity contribution in [2.45, 2.75) is 32.4 Å². The molecule has 0 radical (unpaired) electrons. The molecule has 0 unspecified atom stereocenters. The summed E-state index contributed by atoms with van der Waals surface area (Å²) < 4.78 is 10.7. The van der Waals surface area contributed by atoms with E-state index in [1.165, 1.54) is 5.56 Å². The molecule has 2 rings (SSSR count). The lowest BCUT2D eigenvalue weighted by atomic mass is 10.1. The summed E-state index contributed by atoms with van der Waals surface area (Å²) in [6.07, 6.45) is 0.288. The van der Waals surface area contributed by atoms with Gasteiger partial charge in [0.15, 0.2) is 0 Å². The van der Waals surface area contributed by atoms with Gasteiger partial charge >= 0.3 is 0 Å². The van der Waals surface area contributed by atoms with E-state index in [0.29, 0.717) is 6.61 Å². The molecule has 1 aromatic rings. The Morgan fingerprint density at radius 1 is 1.22 bits per heavy atom. The Balaban J connectivity index is 1.89. The fourth-order valence-corrected chi connectivity index (χ4v) is 1.99. The minimum atomic E-state index is -1.28. The predicted octanol–water partition coefficient (Wildman–Crippen LogP) is 2.83. The molecular weight excluding hydrogens is 240 g/mol. The molecule has 0 saturated carbocycles. The van der Waals surface area contributed by atoms with Gasteiger partial charge in [0.25, 0.3) is 0 Å². The van der Waals surface area contributed by atoms with E-state index < -0.39 is 8.07 Å². The van der Waals surface area contributed by atoms with Gasteiger partial charge in [0, 0.05) is 5.56 Å². The van der Waals surface area contributed by atoms with Crippen LogP contribution >= 0.6 is 0 Å². The topological polar surface area (TPSA) is 18.5 Å². The highest BCUT2D eigenvalue weighted by Crippen LogP contribution is 2.11. The standard InChI is InChI=1S/C15H20O2Si/c1-18(2,3)9-8-13-4-6-14(7-5-13)10-17-15-11-16-12-15/h4-7,15H,10-12H2,1-3H3. The molecule has 0 bridgehead atoms. The summed E-state index contributed by atoms with van der Waals surface area (Å²) in [5.41, 5.74) is 5.65. The van der Waals surface area contributed by atoms with E-state index in [2.05, 4.69) is 55.4 Å².